The lowest BCUT2D eigenvalue weighted by Crippen LogP contribution is -2.25. The monoisotopic (exact) mass is 216 g/mol. The molecule has 0 aliphatic carbocycles. The highest BCUT2D eigenvalue weighted by Crippen LogP contribution is 1.89. The summed E-state index contributed by atoms with van der Waals surface area (Å²) in [5.41, 5.74) is 5.54. The van der Waals surface area contributed by atoms with Crippen molar-refractivity contribution in [2.24, 2.45) is 5.73 Å². The number of carbonyl (C=O) groups excluding carboxylic acids is 2. The molecule has 0 aliphatic heterocycles. The van der Waals surface area contributed by atoms with E-state index in [9.17, 15) is 9.59 Å². The van der Waals surface area contributed by atoms with Crippen LogP contribution in [0.4, 0.5) is 4.79 Å². The van der Waals surface area contributed by atoms with Crippen molar-refractivity contribution in [3.05, 3.63) is 11.8 Å². The molecule has 0 saturated heterocycles. The van der Waals surface area contributed by atoms with Gasteiger partial charge in [-0.25, -0.2) is 9.59 Å². The molecule has 0 heterocycles. The molecule has 1 amide bonds. The first-order chi connectivity index (χ1) is 7.10. The Morgan fingerprint density at radius 2 is 2.00 bits per heavy atom. The highest BCUT2D eigenvalue weighted by molar-refractivity contribution is 5.82. The van der Waals surface area contributed by atoms with E-state index < -0.39 is 12.1 Å². The first kappa shape index (κ1) is 13.3. The Hall–Kier alpha value is -1.72. The predicted molar refractivity (Wildman–Crippen MR) is 53.9 cm³/mol. The first-order valence-corrected chi connectivity index (χ1v) is 4.63. The third-order valence-corrected chi connectivity index (χ3v) is 1.28. The fourth-order valence-electron chi connectivity index (χ4n) is 0.721. The normalized spacial score (nSPS) is 10.7. The summed E-state index contributed by atoms with van der Waals surface area (Å²) >= 11 is 0. The zero-order valence-electron chi connectivity index (χ0n) is 8.91. The molecular formula is C9H16N2O4. The van der Waals surface area contributed by atoms with Gasteiger partial charge in [-0.15, -0.1) is 0 Å². The van der Waals surface area contributed by atoms with Crippen molar-refractivity contribution in [3.63, 3.8) is 0 Å². The number of carbonyl (C=O) groups is 2. The minimum absolute atomic E-state index is 0.134. The molecule has 0 bridgehead atoms. The van der Waals surface area contributed by atoms with Gasteiger partial charge in [-0.1, -0.05) is 0 Å². The van der Waals surface area contributed by atoms with Crippen LogP contribution in [0.2, 0.25) is 0 Å². The topological polar surface area (TPSA) is 90.6 Å². The standard InChI is InChI=1S/C9H16N2O4/c1-3-11-9(13)15-6-7(10)5-8(12)14-4-2/h5H,3-4,6,10H2,1-2H3,(H,11,13). The number of rotatable bonds is 5. The fourth-order valence-corrected chi connectivity index (χ4v) is 0.721. The molecule has 0 saturated carbocycles. The predicted octanol–water partition coefficient (Wildman–Crippen LogP) is 0.138. The number of nitrogens with two attached hydrogens (primary N) is 1. The van der Waals surface area contributed by atoms with Crippen molar-refractivity contribution in [2.45, 2.75) is 13.8 Å². The minimum atomic E-state index is -0.572. The van der Waals surface area contributed by atoms with Crippen molar-refractivity contribution in [1.29, 1.82) is 0 Å². The molecule has 0 rings (SSSR count). The molecule has 0 aromatic rings. The molecule has 0 aromatic carbocycles. The van der Waals surface area contributed by atoms with Crippen molar-refractivity contribution in [3.8, 4) is 0 Å². The quantitative estimate of drug-likeness (QED) is 0.504. The van der Waals surface area contributed by atoms with Gasteiger partial charge in [-0.2, -0.15) is 0 Å². The third-order valence-electron chi connectivity index (χ3n) is 1.28. The summed E-state index contributed by atoms with van der Waals surface area (Å²) in [6.45, 7) is 4.07. The summed E-state index contributed by atoms with van der Waals surface area (Å²) in [5.74, 6) is -0.547. The Bertz CT molecular complexity index is 250. The van der Waals surface area contributed by atoms with Crippen LogP contribution in [0.25, 0.3) is 0 Å². The minimum Gasteiger partial charge on any atom is -0.463 e. The molecule has 3 N–H and O–H groups in total. The fraction of sp³-hybridized carbons (Fsp3) is 0.556. The zero-order valence-corrected chi connectivity index (χ0v) is 8.91. The van der Waals surface area contributed by atoms with Gasteiger partial charge in [-0.3, -0.25) is 0 Å². The Labute approximate surface area is 88.4 Å². The second-order valence-electron chi connectivity index (χ2n) is 2.58. The van der Waals surface area contributed by atoms with Crippen LogP contribution in [-0.2, 0) is 14.3 Å². The number of amides is 1. The van der Waals surface area contributed by atoms with Crippen LogP contribution in [0.15, 0.2) is 11.8 Å². The number of esters is 1. The van der Waals surface area contributed by atoms with E-state index in [0.29, 0.717) is 6.54 Å². The number of hydrogen-bond acceptors (Lipinski definition) is 5. The summed E-state index contributed by atoms with van der Waals surface area (Å²) in [6.07, 6.45) is 0.514. The van der Waals surface area contributed by atoms with Crippen molar-refractivity contribution < 1.29 is 19.1 Å². The van der Waals surface area contributed by atoms with E-state index in [4.69, 9.17) is 5.73 Å². The lowest BCUT2D eigenvalue weighted by atomic mass is 10.4. The number of ether oxygens (including phenoxy) is 2. The van der Waals surface area contributed by atoms with E-state index in [0.717, 1.165) is 6.08 Å². The van der Waals surface area contributed by atoms with Crippen LogP contribution >= 0.6 is 0 Å². The maximum atomic E-state index is 10.9. The zero-order chi connectivity index (χ0) is 11.7. The van der Waals surface area contributed by atoms with Gasteiger partial charge in [-0.05, 0) is 13.8 Å². The second-order valence-corrected chi connectivity index (χ2v) is 2.58. The van der Waals surface area contributed by atoms with Gasteiger partial charge in [0.15, 0.2) is 0 Å². The number of alkyl carbamates (subject to hydrolysis) is 1. The summed E-state index contributed by atoms with van der Waals surface area (Å²) in [7, 11) is 0. The molecule has 6 heteroatoms. The summed E-state index contributed by atoms with van der Waals surface area (Å²) in [6, 6.07) is 0. The smallest absolute Gasteiger partial charge is 0.407 e. The van der Waals surface area contributed by atoms with Gasteiger partial charge >= 0.3 is 12.1 Å². The van der Waals surface area contributed by atoms with Crippen LogP contribution < -0.4 is 11.1 Å². The number of nitrogens with one attached hydrogen (secondary N) is 1. The maximum absolute atomic E-state index is 10.9. The Kier molecular flexibility index (Phi) is 6.78. The summed E-state index contributed by atoms with van der Waals surface area (Å²) in [4.78, 5) is 21.7. The molecule has 0 aliphatic rings. The van der Waals surface area contributed by atoms with E-state index in [1.807, 2.05) is 0 Å². The highest BCUT2D eigenvalue weighted by atomic mass is 16.5. The van der Waals surface area contributed by atoms with Crippen LogP contribution in [0.1, 0.15) is 13.8 Å². The molecule has 0 atom stereocenters. The van der Waals surface area contributed by atoms with E-state index in [1.165, 1.54) is 0 Å². The third kappa shape index (κ3) is 7.36. The Morgan fingerprint density at radius 3 is 2.53 bits per heavy atom. The van der Waals surface area contributed by atoms with E-state index in [2.05, 4.69) is 14.8 Å². The maximum Gasteiger partial charge on any atom is 0.407 e. The van der Waals surface area contributed by atoms with Crippen molar-refractivity contribution in [2.75, 3.05) is 19.8 Å². The lowest BCUT2D eigenvalue weighted by molar-refractivity contribution is -0.137. The van der Waals surface area contributed by atoms with Gasteiger partial charge in [0.2, 0.25) is 0 Å². The van der Waals surface area contributed by atoms with Gasteiger partial charge in [0.25, 0.3) is 0 Å². The molecule has 15 heavy (non-hydrogen) atoms. The Balaban J connectivity index is 3.86. The summed E-state index contributed by atoms with van der Waals surface area (Å²) < 4.78 is 9.29. The van der Waals surface area contributed by atoms with Crippen LogP contribution in [0, 0.1) is 0 Å². The SMILES string of the molecule is CCNC(=O)OCC(N)=CC(=O)OCC. The van der Waals surface area contributed by atoms with Crippen LogP contribution in [-0.4, -0.2) is 31.8 Å². The van der Waals surface area contributed by atoms with Crippen molar-refractivity contribution >= 4 is 12.1 Å². The second kappa shape index (κ2) is 7.66. The Morgan fingerprint density at radius 1 is 1.33 bits per heavy atom. The van der Waals surface area contributed by atoms with Crippen LogP contribution in [0.3, 0.4) is 0 Å². The molecule has 0 unspecified atom stereocenters. The molecule has 86 valence electrons. The van der Waals surface area contributed by atoms with E-state index in [-0.39, 0.29) is 18.9 Å². The lowest BCUT2D eigenvalue weighted by Gasteiger charge is -2.05. The van der Waals surface area contributed by atoms with E-state index in [1.54, 1.807) is 13.8 Å². The molecular weight excluding hydrogens is 200 g/mol. The molecule has 0 fully saturated rings. The first-order valence-electron chi connectivity index (χ1n) is 4.63. The largest absolute Gasteiger partial charge is 0.463 e. The summed E-state index contributed by atoms with van der Waals surface area (Å²) in [5, 5.41) is 2.42. The van der Waals surface area contributed by atoms with Crippen molar-refractivity contribution in [1.82, 2.24) is 5.32 Å². The van der Waals surface area contributed by atoms with Gasteiger partial charge < -0.3 is 20.5 Å². The van der Waals surface area contributed by atoms with E-state index >= 15 is 0 Å². The highest BCUT2D eigenvalue weighted by Gasteiger charge is 2.02. The average Bonchev–Trinajstić information content (AvgIpc) is 2.15. The van der Waals surface area contributed by atoms with Crippen LogP contribution in [0.5, 0.6) is 0 Å². The van der Waals surface area contributed by atoms with Gasteiger partial charge in [0.05, 0.1) is 12.3 Å². The average molecular weight is 216 g/mol. The van der Waals surface area contributed by atoms with Gasteiger partial charge in [0.1, 0.15) is 6.61 Å². The molecule has 0 aromatic heterocycles. The molecule has 0 spiro atoms. The molecule has 0 radical (unpaired) electrons. The number of hydrogen-bond donors (Lipinski definition) is 2. The van der Waals surface area contributed by atoms with Gasteiger partial charge in [0, 0.05) is 12.6 Å². The molecule has 6 nitrogen and oxygen atoms in total.